The Labute approximate surface area is 85.0 Å². The lowest BCUT2D eigenvalue weighted by Gasteiger charge is -2.19. The predicted molar refractivity (Wildman–Crippen MR) is 58.4 cm³/mol. The first kappa shape index (κ1) is 11.0. The van der Waals surface area contributed by atoms with E-state index in [2.05, 4.69) is 18.7 Å². The summed E-state index contributed by atoms with van der Waals surface area (Å²) >= 11 is 0. The molecule has 0 saturated carbocycles. The largest absolute Gasteiger partial charge is 0.302 e. The van der Waals surface area contributed by atoms with E-state index in [0.717, 1.165) is 18.7 Å². The molecule has 78 valence electrons. The van der Waals surface area contributed by atoms with Gasteiger partial charge in [-0.05, 0) is 26.1 Å². The van der Waals surface area contributed by atoms with Crippen molar-refractivity contribution in [3.8, 4) is 0 Å². The Morgan fingerprint density at radius 1 is 1.36 bits per heavy atom. The zero-order valence-corrected chi connectivity index (χ0v) is 9.16. The van der Waals surface area contributed by atoms with Crippen LogP contribution >= 0.6 is 0 Å². The van der Waals surface area contributed by atoms with Gasteiger partial charge in [-0.25, -0.2) is 0 Å². The van der Waals surface area contributed by atoms with Gasteiger partial charge < -0.3 is 4.57 Å². The molecular weight excluding hydrogens is 176 g/mol. The summed E-state index contributed by atoms with van der Waals surface area (Å²) in [5, 5.41) is 0. The Morgan fingerprint density at radius 3 is 2.57 bits per heavy atom. The van der Waals surface area contributed by atoms with Crippen molar-refractivity contribution in [1.82, 2.24) is 9.47 Å². The van der Waals surface area contributed by atoms with Crippen LogP contribution < -0.4 is 5.56 Å². The lowest BCUT2D eigenvalue weighted by molar-refractivity contribution is 0.238. The highest BCUT2D eigenvalue weighted by atomic mass is 16.1. The molecule has 14 heavy (non-hydrogen) atoms. The van der Waals surface area contributed by atoms with E-state index in [1.807, 2.05) is 25.3 Å². The third kappa shape index (κ3) is 2.45. The average molecular weight is 194 g/mol. The van der Waals surface area contributed by atoms with E-state index in [4.69, 9.17) is 0 Å². The summed E-state index contributed by atoms with van der Waals surface area (Å²) in [5.74, 6) is 0. The Kier molecular flexibility index (Phi) is 3.89. The van der Waals surface area contributed by atoms with Crippen molar-refractivity contribution in [3.63, 3.8) is 0 Å². The maximum atomic E-state index is 11.7. The van der Waals surface area contributed by atoms with Gasteiger partial charge in [0.25, 0.3) is 5.56 Å². The number of aryl methyl sites for hydroxylation is 1. The quantitative estimate of drug-likeness (QED) is 0.725. The molecule has 0 aliphatic carbocycles. The third-order valence-electron chi connectivity index (χ3n) is 2.46. The number of rotatable bonds is 4. The lowest BCUT2D eigenvalue weighted by Crippen LogP contribution is -2.32. The second kappa shape index (κ2) is 4.96. The molecular formula is C11H18N2O. The van der Waals surface area contributed by atoms with E-state index in [1.165, 1.54) is 0 Å². The molecule has 0 fully saturated rings. The van der Waals surface area contributed by atoms with Gasteiger partial charge in [0.2, 0.25) is 0 Å². The summed E-state index contributed by atoms with van der Waals surface area (Å²) in [6.07, 6.45) is 1.84. The highest BCUT2D eigenvalue weighted by molar-refractivity contribution is 5.07. The smallest absolute Gasteiger partial charge is 0.254 e. The third-order valence-corrected chi connectivity index (χ3v) is 2.46. The van der Waals surface area contributed by atoms with Crippen molar-refractivity contribution in [2.24, 2.45) is 0 Å². The first-order valence-corrected chi connectivity index (χ1v) is 5.07. The minimum atomic E-state index is 0.111. The van der Waals surface area contributed by atoms with Crippen molar-refractivity contribution >= 4 is 0 Å². The Bertz CT molecular complexity index is 339. The zero-order chi connectivity index (χ0) is 10.6. The van der Waals surface area contributed by atoms with Gasteiger partial charge in [0.1, 0.15) is 0 Å². The lowest BCUT2D eigenvalue weighted by atomic mass is 10.3. The summed E-state index contributed by atoms with van der Waals surface area (Å²) in [5.41, 5.74) is 0.916. The van der Waals surface area contributed by atoms with Gasteiger partial charge in [-0.2, -0.15) is 0 Å². The van der Waals surface area contributed by atoms with Crippen LogP contribution in [0.2, 0.25) is 0 Å². The molecule has 0 atom stereocenters. The zero-order valence-electron chi connectivity index (χ0n) is 9.16. The van der Waals surface area contributed by atoms with Gasteiger partial charge in [-0.3, -0.25) is 9.69 Å². The number of nitrogens with zero attached hydrogens (tertiary/aromatic N) is 2. The van der Waals surface area contributed by atoms with Crippen molar-refractivity contribution in [1.29, 1.82) is 0 Å². The SMILES string of the molecule is CCN(CC)Cn1cccc(C)c1=O. The first-order chi connectivity index (χ1) is 6.69. The number of aromatic nitrogens is 1. The second-order valence-electron chi connectivity index (χ2n) is 3.41. The van der Waals surface area contributed by atoms with Gasteiger partial charge in [0.05, 0.1) is 6.67 Å². The van der Waals surface area contributed by atoms with Crippen LogP contribution in [0.5, 0.6) is 0 Å². The maximum absolute atomic E-state index is 11.7. The molecule has 1 aromatic rings. The molecule has 1 heterocycles. The van der Waals surface area contributed by atoms with Crippen LogP contribution in [0.1, 0.15) is 19.4 Å². The molecule has 3 nitrogen and oxygen atoms in total. The molecule has 0 bridgehead atoms. The van der Waals surface area contributed by atoms with Crippen molar-refractivity contribution in [3.05, 3.63) is 34.2 Å². The normalized spacial score (nSPS) is 10.9. The van der Waals surface area contributed by atoms with Gasteiger partial charge in [0.15, 0.2) is 0 Å². The molecule has 0 aromatic carbocycles. The Balaban J connectivity index is 2.86. The molecule has 0 radical (unpaired) electrons. The Morgan fingerprint density at radius 2 is 2.00 bits per heavy atom. The van der Waals surface area contributed by atoms with Crippen LogP contribution in [0.3, 0.4) is 0 Å². The standard InChI is InChI=1S/C11H18N2O/c1-4-12(5-2)9-13-8-6-7-10(3)11(13)14/h6-8H,4-5,9H2,1-3H3. The van der Waals surface area contributed by atoms with Gasteiger partial charge in [-0.15, -0.1) is 0 Å². The monoisotopic (exact) mass is 194 g/mol. The van der Waals surface area contributed by atoms with Crippen LogP contribution in [0.15, 0.2) is 23.1 Å². The molecule has 0 aliphatic rings. The van der Waals surface area contributed by atoms with Crippen LogP contribution in [0.4, 0.5) is 0 Å². The van der Waals surface area contributed by atoms with Crippen molar-refractivity contribution < 1.29 is 0 Å². The van der Waals surface area contributed by atoms with E-state index in [9.17, 15) is 4.79 Å². The van der Waals surface area contributed by atoms with Gasteiger partial charge in [0, 0.05) is 11.8 Å². The van der Waals surface area contributed by atoms with Crippen LogP contribution in [-0.2, 0) is 6.67 Å². The minimum Gasteiger partial charge on any atom is -0.302 e. The molecule has 0 saturated heterocycles. The summed E-state index contributed by atoms with van der Waals surface area (Å²) < 4.78 is 1.75. The van der Waals surface area contributed by atoms with Crippen LogP contribution in [0, 0.1) is 6.92 Å². The molecule has 1 rings (SSSR count). The van der Waals surface area contributed by atoms with Gasteiger partial charge in [-0.1, -0.05) is 19.9 Å². The van der Waals surface area contributed by atoms with Gasteiger partial charge >= 0.3 is 0 Å². The Hall–Kier alpha value is -1.09. The van der Waals surface area contributed by atoms with E-state index >= 15 is 0 Å². The van der Waals surface area contributed by atoms with E-state index in [0.29, 0.717) is 6.67 Å². The molecule has 0 amide bonds. The first-order valence-electron chi connectivity index (χ1n) is 5.07. The molecule has 0 spiro atoms. The fourth-order valence-corrected chi connectivity index (χ4v) is 1.41. The van der Waals surface area contributed by atoms with E-state index in [1.54, 1.807) is 4.57 Å². The number of hydrogen-bond acceptors (Lipinski definition) is 2. The summed E-state index contributed by atoms with van der Waals surface area (Å²) in [6, 6.07) is 3.77. The topological polar surface area (TPSA) is 25.2 Å². The summed E-state index contributed by atoms with van der Waals surface area (Å²) in [4.78, 5) is 13.9. The van der Waals surface area contributed by atoms with Crippen molar-refractivity contribution in [2.75, 3.05) is 13.1 Å². The second-order valence-corrected chi connectivity index (χ2v) is 3.41. The van der Waals surface area contributed by atoms with Crippen LogP contribution in [-0.4, -0.2) is 22.6 Å². The van der Waals surface area contributed by atoms with E-state index < -0.39 is 0 Å². The summed E-state index contributed by atoms with van der Waals surface area (Å²) in [6.45, 7) is 8.68. The highest BCUT2D eigenvalue weighted by Gasteiger charge is 2.02. The fourth-order valence-electron chi connectivity index (χ4n) is 1.41. The molecule has 3 heteroatoms. The number of hydrogen-bond donors (Lipinski definition) is 0. The summed E-state index contributed by atoms with van der Waals surface area (Å²) in [7, 11) is 0. The van der Waals surface area contributed by atoms with Crippen LogP contribution in [0.25, 0.3) is 0 Å². The fraction of sp³-hybridized carbons (Fsp3) is 0.545. The predicted octanol–water partition coefficient (Wildman–Crippen LogP) is 1.46. The molecule has 1 aromatic heterocycles. The maximum Gasteiger partial charge on any atom is 0.254 e. The average Bonchev–Trinajstić information content (AvgIpc) is 2.20. The molecule has 0 unspecified atom stereocenters. The molecule has 0 aliphatic heterocycles. The van der Waals surface area contributed by atoms with Crippen molar-refractivity contribution in [2.45, 2.75) is 27.4 Å². The highest BCUT2D eigenvalue weighted by Crippen LogP contribution is 1.93. The molecule has 0 N–H and O–H groups in total. The van der Waals surface area contributed by atoms with E-state index in [-0.39, 0.29) is 5.56 Å². The minimum absolute atomic E-state index is 0.111. The number of pyridine rings is 1.